The molecule has 1 aromatic carbocycles. The SMILES string of the molecule is CC(C)Oc1cccc(N2CCCC2C2CCCC2)c1N. The van der Waals surface area contributed by atoms with Gasteiger partial charge in [0.2, 0.25) is 0 Å². The lowest BCUT2D eigenvalue weighted by atomic mass is 9.95. The quantitative estimate of drug-likeness (QED) is 0.843. The first-order chi connectivity index (χ1) is 10.2. The third kappa shape index (κ3) is 2.97. The summed E-state index contributed by atoms with van der Waals surface area (Å²) in [6, 6.07) is 6.91. The Hall–Kier alpha value is -1.38. The smallest absolute Gasteiger partial charge is 0.144 e. The standard InChI is InChI=1S/C18H28N2O/c1-13(2)21-17-11-5-9-16(18(17)19)20-12-6-10-15(20)14-7-3-4-8-14/h5,9,11,13-15H,3-4,6-8,10,12,19H2,1-2H3. The molecule has 3 nitrogen and oxygen atoms in total. The largest absolute Gasteiger partial charge is 0.489 e. The minimum absolute atomic E-state index is 0.159. The van der Waals surface area contributed by atoms with Crippen LogP contribution >= 0.6 is 0 Å². The number of nitrogen functional groups attached to an aromatic ring is 1. The molecule has 1 atom stereocenters. The summed E-state index contributed by atoms with van der Waals surface area (Å²) in [6.07, 6.45) is 8.36. The fourth-order valence-electron chi connectivity index (χ4n) is 4.06. The Morgan fingerprint density at radius 3 is 2.62 bits per heavy atom. The predicted octanol–water partition coefficient (Wildman–Crippen LogP) is 4.22. The fourth-order valence-corrected chi connectivity index (χ4v) is 4.06. The van der Waals surface area contributed by atoms with Gasteiger partial charge >= 0.3 is 0 Å². The summed E-state index contributed by atoms with van der Waals surface area (Å²) in [6.45, 7) is 5.23. The van der Waals surface area contributed by atoms with Gasteiger partial charge in [0.15, 0.2) is 0 Å². The van der Waals surface area contributed by atoms with Gasteiger partial charge in [0.05, 0.1) is 17.5 Å². The number of rotatable bonds is 4. The van der Waals surface area contributed by atoms with Crippen LogP contribution in [0.3, 0.4) is 0 Å². The molecule has 0 aromatic heterocycles. The number of para-hydroxylation sites is 1. The molecule has 1 aliphatic heterocycles. The highest BCUT2D eigenvalue weighted by molar-refractivity contribution is 5.74. The Morgan fingerprint density at radius 1 is 1.14 bits per heavy atom. The van der Waals surface area contributed by atoms with E-state index in [0.717, 1.165) is 23.9 Å². The second kappa shape index (κ2) is 6.17. The molecule has 1 saturated carbocycles. The molecule has 2 aliphatic rings. The average molecular weight is 288 g/mol. The number of anilines is 2. The van der Waals surface area contributed by atoms with Crippen LogP contribution in [0, 0.1) is 5.92 Å². The van der Waals surface area contributed by atoms with Crippen molar-refractivity contribution >= 4 is 11.4 Å². The fraction of sp³-hybridized carbons (Fsp3) is 0.667. The van der Waals surface area contributed by atoms with Crippen molar-refractivity contribution < 1.29 is 4.74 Å². The van der Waals surface area contributed by atoms with Crippen molar-refractivity contribution in [2.75, 3.05) is 17.2 Å². The first kappa shape index (κ1) is 14.6. The van der Waals surface area contributed by atoms with E-state index in [4.69, 9.17) is 10.5 Å². The van der Waals surface area contributed by atoms with Gasteiger partial charge in [-0.2, -0.15) is 0 Å². The van der Waals surface area contributed by atoms with Crippen LogP contribution in [0.25, 0.3) is 0 Å². The summed E-state index contributed by atoms with van der Waals surface area (Å²) < 4.78 is 5.85. The topological polar surface area (TPSA) is 38.5 Å². The van der Waals surface area contributed by atoms with E-state index in [9.17, 15) is 0 Å². The molecule has 1 saturated heterocycles. The Kier molecular flexibility index (Phi) is 4.27. The maximum absolute atomic E-state index is 6.41. The summed E-state index contributed by atoms with van der Waals surface area (Å²) in [4.78, 5) is 2.55. The van der Waals surface area contributed by atoms with E-state index in [1.54, 1.807) is 0 Å². The maximum atomic E-state index is 6.41. The van der Waals surface area contributed by atoms with E-state index in [2.05, 4.69) is 17.0 Å². The van der Waals surface area contributed by atoms with Crippen LogP contribution in [0.2, 0.25) is 0 Å². The van der Waals surface area contributed by atoms with E-state index in [-0.39, 0.29) is 6.10 Å². The molecule has 1 aliphatic carbocycles. The zero-order valence-corrected chi connectivity index (χ0v) is 13.3. The van der Waals surface area contributed by atoms with Crippen molar-refractivity contribution in [3.8, 4) is 5.75 Å². The molecule has 2 N–H and O–H groups in total. The molecule has 21 heavy (non-hydrogen) atoms. The van der Waals surface area contributed by atoms with Gasteiger partial charge in [0, 0.05) is 12.6 Å². The van der Waals surface area contributed by atoms with Crippen molar-refractivity contribution in [1.29, 1.82) is 0 Å². The zero-order valence-electron chi connectivity index (χ0n) is 13.3. The van der Waals surface area contributed by atoms with Crippen molar-refractivity contribution in [3.63, 3.8) is 0 Å². The summed E-state index contributed by atoms with van der Waals surface area (Å²) >= 11 is 0. The van der Waals surface area contributed by atoms with Crippen LogP contribution in [0.15, 0.2) is 18.2 Å². The van der Waals surface area contributed by atoms with Crippen LogP contribution in [0.1, 0.15) is 52.4 Å². The number of hydrogen-bond donors (Lipinski definition) is 1. The lowest BCUT2D eigenvalue weighted by Gasteiger charge is -2.32. The van der Waals surface area contributed by atoms with E-state index < -0.39 is 0 Å². The number of ether oxygens (including phenoxy) is 1. The van der Waals surface area contributed by atoms with E-state index in [1.807, 2.05) is 19.9 Å². The maximum Gasteiger partial charge on any atom is 0.144 e. The number of benzene rings is 1. The number of nitrogens with two attached hydrogens (primary N) is 1. The van der Waals surface area contributed by atoms with Crippen LogP contribution in [-0.4, -0.2) is 18.7 Å². The Balaban J connectivity index is 1.84. The van der Waals surface area contributed by atoms with Crippen molar-refractivity contribution in [2.45, 2.75) is 64.5 Å². The third-order valence-corrected chi connectivity index (χ3v) is 4.96. The third-order valence-electron chi connectivity index (χ3n) is 4.96. The molecule has 1 aromatic rings. The van der Waals surface area contributed by atoms with Crippen molar-refractivity contribution in [2.24, 2.45) is 5.92 Å². The molecule has 3 rings (SSSR count). The van der Waals surface area contributed by atoms with Gasteiger partial charge in [0.25, 0.3) is 0 Å². The van der Waals surface area contributed by atoms with Crippen LogP contribution in [0.5, 0.6) is 5.75 Å². The monoisotopic (exact) mass is 288 g/mol. The summed E-state index contributed by atoms with van der Waals surface area (Å²) in [5.74, 6) is 1.70. The molecule has 1 unspecified atom stereocenters. The molecule has 3 heteroatoms. The second-order valence-corrected chi connectivity index (χ2v) is 6.80. The molecule has 0 spiro atoms. The van der Waals surface area contributed by atoms with Crippen LogP contribution in [-0.2, 0) is 0 Å². The second-order valence-electron chi connectivity index (χ2n) is 6.80. The van der Waals surface area contributed by atoms with Crippen molar-refractivity contribution in [1.82, 2.24) is 0 Å². The lowest BCUT2D eigenvalue weighted by Crippen LogP contribution is -2.35. The summed E-state index contributed by atoms with van der Waals surface area (Å²) in [5.41, 5.74) is 8.40. The predicted molar refractivity (Wildman–Crippen MR) is 88.9 cm³/mol. The van der Waals surface area contributed by atoms with Gasteiger partial charge < -0.3 is 15.4 Å². The van der Waals surface area contributed by atoms with Crippen LogP contribution in [0.4, 0.5) is 11.4 Å². The first-order valence-electron chi connectivity index (χ1n) is 8.48. The highest BCUT2D eigenvalue weighted by Gasteiger charge is 2.34. The van der Waals surface area contributed by atoms with Gasteiger partial charge in [-0.15, -0.1) is 0 Å². The molecular weight excluding hydrogens is 260 g/mol. The van der Waals surface area contributed by atoms with Gasteiger partial charge in [-0.25, -0.2) is 0 Å². The van der Waals surface area contributed by atoms with Gasteiger partial charge in [-0.3, -0.25) is 0 Å². The number of hydrogen-bond acceptors (Lipinski definition) is 3. The summed E-state index contributed by atoms with van der Waals surface area (Å²) in [7, 11) is 0. The van der Waals surface area contributed by atoms with Crippen molar-refractivity contribution in [3.05, 3.63) is 18.2 Å². The van der Waals surface area contributed by atoms with E-state index in [1.165, 1.54) is 44.2 Å². The molecule has 1 heterocycles. The van der Waals surface area contributed by atoms with E-state index >= 15 is 0 Å². The molecule has 0 bridgehead atoms. The van der Waals surface area contributed by atoms with Crippen LogP contribution < -0.4 is 15.4 Å². The molecule has 116 valence electrons. The average Bonchev–Trinajstić information content (AvgIpc) is 3.09. The molecule has 0 amide bonds. The van der Waals surface area contributed by atoms with Gasteiger partial charge in [-0.05, 0) is 57.6 Å². The Morgan fingerprint density at radius 2 is 1.90 bits per heavy atom. The molecule has 0 radical (unpaired) electrons. The molecule has 2 fully saturated rings. The lowest BCUT2D eigenvalue weighted by molar-refractivity contribution is 0.244. The van der Waals surface area contributed by atoms with Gasteiger partial charge in [-0.1, -0.05) is 18.9 Å². The number of nitrogens with zero attached hydrogens (tertiary/aromatic N) is 1. The highest BCUT2D eigenvalue weighted by Crippen LogP contribution is 2.41. The normalized spacial score (nSPS) is 23.2. The Bertz CT molecular complexity index is 480. The summed E-state index contributed by atoms with van der Waals surface area (Å²) in [5, 5.41) is 0. The minimum Gasteiger partial charge on any atom is -0.489 e. The zero-order chi connectivity index (χ0) is 14.8. The highest BCUT2D eigenvalue weighted by atomic mass is 16.5. The first-order valence-corrected chi connectivity index (χ1v) is 8.48. The van der Waals surface area contributed by atoms with E-state index in [0.29, 0.717) is 6.04 Å². The Labute approximate surface area is 128 Å². The van der Waals surface area contributed by atoms with Gasteiger partial charge in [0.1, 0.15) is 5.75 Å². The molecular formula is C18H28N2O. The minimum atomic E-state index is 0.159.